The summed E-state index contributed by atoms with van der Waals surface area (Å²) >= 11 is 0. The number of hydrogen-bond donors (Lipinski definition) is 0. The molecule has 2 heteroatoms. The average molecular weight is 219 g/mol. The van der Waals surface area contributed by atoms with Gasteiger partial charge in [0.05, 0.1) is 5.71 Å². The van der Waals surface area contributed by atoms with Gasteiger partial charge < -0.3 is 4.84 Å². The van der Waals surface area contributed by atoms with Gasteiger partial charge in [-0.25, -0.2) is 0 Å². The number of hydrogen-bond acceptors (Lipinski definition) is 2. The summed E-state index contributed by atoms with van der Waals surface area (Å²) in [6.07, 6.45) is 3.50. The molecular formula is C14H21NO. The fourth-order valence-corrected chi connectivity index (χ4v) is 1.70. The molecule has 0 amide bonds. The van der Waals surface area contributed by atoms with Gasteiger partial charge in [0.2, 0.25) is 0 Å². The Balaban J connectivity index is 2.28. The van der Waals surface area contributed by atoms with Crippen molar-refractivity contribution < 1.29 is 4.84 Å². The molecule has 88 valence electrons. The second-order valence-electron chi connectivity index (χ2n) is 4.19. The normalized spacial score (nSPS) is 13.6. The van der Waals surface area contributed by atoms with Crippen LogP contribution in [0.4, 0.5) is 0 Å². The van der Waals surface area contributed by atoms with E-state index < -0.39 is 0 Å². The Hall–Kier alpha value is -1.31. The Morgan fingerprint density at radius 3 is 2.62 bits per heavy atom. The van der Waals surface area contributed by atoms with Gasteiger partial charge in [0, 0.05) is 0 Å². The fraction of sp³-hybridized carbons (Fsp3) is 0.500. The summed E-state index contributed by atoms with van der Waals surface area (Å²) in [5.74, 6) is 0.503. The van der Waals surface area contributed by atoms with E-state index >= 15 is 0 Å². The van der Waals surface area contributed by atoms with E-state index in [-0.39, 0.29) is 0 Å². The maximum atomic E-state index is 4.78. The van der Waals surface area contributed by atoms with Crippen LogP contribution >= 0.6 is 0 Å². The molecule has 0 N–H and O–H groups in total. The number of rotatable bonds is 6. The molecule has 1 rings (SSSR count). The molecule has 0 radical (unpaired) electrons. The third-order valence-corrected chi connectivity index (χ3v) is 2.89. The van der Waals surface area contributed by atoms with Crippen LogP contribution in [0.15, 0.2) is 35.5 Å². The van der Waals surface area contributed by atoms with E-state index in [2.05, 4.69) is 42.4 Å². The van der Waals surface area contributed by atoms with E-state index in [0.717, 1.165) is 18.6 Å². The monoisotopic (exact) mass is 219 g/mol. The highest BCUT2D eigenvalue weighted by Crippen LogP contribution is 2.12. The van der Waals surface area contributed by atoms with E-state index in [1.165, 1.54) is 12.0 Å². The van der Waals surface area contributed by atoms with Crippen molar-refractivity contribution in [2.24, 2.45) is 11.1 Å². The van der Waals surface area contributed by atoms with Crippen LogP contribution in [0.2, 0.25) is 0 Å². The Kier molecular flexibility index (Phi) is 5.62. The van der Waals surface area contributed by atoms with Crippen LogP contribution in [0.1, 0.15) is 32.3 Å². The number of oxime groups is 1. The molecule has 0 aliphatic rings. The molecule has 0 fully saturated rings. The van der Waals surface area contributed by atoms with Gasteiger partial charge in [0.15, 0.2) is 0 Å². The molecule has 2 nitrogen and oxygen atoms in total. The molecule has 0 aliphatic heterocycles. The number of nitrogens with zero attached hydrogens (tertiary/aromatic N) is 1. The molecule has 0 saturated heterocycles. The summed E-state index contributed by atoms with van der Waals surface area (Å²) in [6, 6.07) is 10.6. The topological polar surface area (TPSA) is 21.6 Å². The Morgan fingerprint density at radius 2 is 2.00 bits per heavy atom. The van der Waals surface area contributed by atoms with Crippen LogP contribution in [0.25, 0.3) is 0 Å². The number of aryl methyl sites for hydroxylation is 1. The summed E-state index contributed by atoms with van der Waals surface area (Å²) in [6.45, 7) is 4.22. The Morgan fingerprint density at radius 1 is 1.31 bits per heavy atom. The van der Waals surface area contributed by atoms with Crippen molar-refractivity contribution in [3.63, 3.8) is 0 Å². The quantitative estimate of drug-likeness (QED) is 0.528. The van der Waals surface area contributed by atoms with Crippen LogP contribution in [-0.4, -0.2) is 12.8 Å². The van der Waals surface area contributed by atoms with Crippen molar-refractivity contribution >= 4 is 5.71 Å². The molecule has 1 aromatic carbocycles. The molecule has 1 unspecified atom stereocenters. The van der Waals surface area contributed by atoms with Crippen molar-refractivity contribution in [3.8, 4) is 0 Å². The number of benzene rings is 1. The summed E-state index contributed by atoms with van der Waals surface area (Å²) in [7, 11) is 1.60. The lowest BCUT2D eigenvalue weighted by atomic mass is 9.98. The second-order valence-corrected chi connectivity index (χ2v) is 4.19. The summed E-state index contributed by atoms with van der Waals surface area (Å²) in [4.78, 5) is 4.78. The van der Waals surface area contributed by atoms with E-state index in [1.54, 1.807) is 7.11 Å². The van der Waals surface area contributed by atoms with Gasteiger partial charge in [0.1, 0.15) is 7.11 Å². The van der Waals surface area contributed by atoms with Crippen molar-refractivity contribution in [3.05, 3.63) is 35.9 Å². The first kappa shape index (κ1) is 12.8. The van der Waals surface area contributed by atoms with Gasteiger partial charge in [-0.15, -0.1) is 0 Å². The first-order valence-corrected chi connectivity index (χ1v) is 5.85. The van der Waals surface area contributed by atoms with Crippen LogP contribution in [-0.2, 0) is 11.3 Å². The second kappa shape index (κ2) is 7.04. The Labute approximate surface area is 98.3 Å². The predicted molar refractivity (Wildman–Crippen MR) is 68.7 cm³/mol. The minimum atomic E-state index is 0.503. The minimum absolute atomic E-state index is 0.503. The molecule has 0 aliphatic carbocycles. The third-order valence-electron chi connectivity index (χ3n) is 2.89. The van der Waals surface area contributed by atoms with E-state index in [4.69, 9.17) is 4.84 Å². The molecule has 1 atom stereocenters. The van der Waals surface area contributed by atoms with E-state index in [1.807, 2.05) is 6.92 Å². The van der Waals surface area contributed by atoms with Gasteiger partial charge >= 0.3 is 0 Å². The molecule has 0 saturated carbocycles. The lowest BCUT2D eigenvalue weighted by molar-refractivity contribution is 0.210. The zero-order chi connectivity index (χ0) is 11.8. The molecule has 0 aromatic heterocycles. The first-order chi connectivity index (χ1) is 7.74. The van der Waals surface area contributed by atoms with Crippen molar-refractivity contribution in [1.82, 2.24) is 0 Å². The van der Waals surface area contributed by atoms with Gasteiger partial charge in [0.25, 0.3) is 0 Å². The smallest absolute Gasteiger partial charge is 0.106 e. The highest BCUT2D eigenvalue weighted by Gasteiger charge is 2.06. The van der Waals surface area contributed by atoms with Gasteiger partial charge in [-0.2, -0.15) is 0 Å². The first-order valence-electron chi connectivity index (χ1n) is 5.85. The molecule has 0 heterocycles. The van der Waals surface area contributed by atoms with Gasteiger partial charge in [-0.3, -0.25) is 0 Å². The molecular weight excluding hydrogens is 198 g/mol. The maximum absolute atomic E-state index is 4.78. The van der Waals surface area contributed by atoms with Crippen LogP contribution in [0.5, 0.6) is 0 Å². The zero-order valence-electron chi connectivity index (χ0n) is 10.4. The maximum Gasteiger partial charge on any atom is 0.106 e. The van der Waals surface area contributed by atoms with E-state index in [9.17, 15) is 0 Å². The lowest BCUT2D eigenvalue weighted by Gasteiger charge is -2.10. The molecule has 0 bridgehead atoms. The molecule has 0 spiro atoms. The third kappa shape index (κ3) is 4.47. The van der Waals surface area contributed by atoms with Crippen LogP contribution in [0.3, 0.4) is 0 Å². The minimum Gasteiger partial charge on any atom is -0.399 e. The largest absolute Gasteiger partial charge is 0.399 e. The lowest BCUT2D eigenvalue weighted by Crippen LogP contribution is -2.07. The highest BCUT2D eigenvalue weighted by atomic mass is 16.6. The average Bonchev–Trinajstić information content (AvgIpc) is 2.30. The SMILES string of the molecule is CON=C(C)C(C)CCCc1ccccc1. The Bertz CT molecular complexity index is 319. The van der Waals surface area contributed by atoms with Crippen LogP contribution in [0, 0.1) is 5.92 Å². The summed E-state index contributed by atoms with van der Waals surface area (Å²) in [5.41, 5.74) is 2.49. The molecule has 16 heavy (non-hydrogen) atoms. The predicted octanol–water partition coefficient (Wildman–Crippen LogP) is 3.67. The van der Waals surface area contributed by atoms with Crippen molar-refractivity contribution in [1.29, 1.82) is 0 Å². The van der Waals surface area contributed by atoms with Gasteiger partial charge in [-0.05, 0) is 37.7 Å². The summed E-state index contributed by atoms with van der Waals surface area (Å²) in [5, 5.41) is 3.97. The standard InChI is InChI=1S/C14H21NO/c1-12(13(2)15-16-3)8-7-11-14-9-5-4-6-10-14/h4-6,9-10,12H,7-8,11H2,1-3H3. The van der Waals surface area contributed by atoms with E-state index in [0.29, 0.717) is 5.92 Å². The van der Waals surface area contributed by atoms with Gasteiger partial charge in [-0.1, -0.05) is 42.4 Å². The fourth-order valence-electron chi connectivity index (χ4n) is 1.70. The van der Waals surface area contributed by atoms with Crippen molar-refractivity contribution in [2.75, 3.05) is 7.11 Å². The summed E-state index contributed by atoms with van der Waals surface area (Å²) < 4.78 is 0. The highest BCUT2D eigenvalue weighted by molar-refractivity contribution is 5.83. The molecule has 1 aromatic rings. The van der Waals surface area contributed by atoms with Crippen molar-refractivity contribution in [2.45, 2.75) is 33.1 Å². The zero-order valence-corrected chi connectivity index (χ0v) is 10.4. The van der Waals surface area contributed by atoms with Crippen LogP contribution < -0.4 is 0 Å².